The van der Waals surface area contributed by atoms with Crippen LogP contribution in [0.4, 0.5) is 21.6 Å². The van der Waals surface area contributed by atoms with Crippen molar-refractivity contribution in [1.29, 1.82) is 5.41 Å². The maximum absolute atomic E-state index is 14.6. The van der Waals surface area contributed by atoms with Crippen LogP contribution >= 0.6 is 11.3 Å². The predicted octanol–water partition coefficient (Wildman–Crippen LogP) is 3.90. The van der Waals surface area contributed by atoms with Gasteiger partial charge in [-0.3, -0.25) is 4.79 Å². The monoisotopic (exact) mass is 482 g/mol. The summed E-state index contributed by atoms with van der Waals surface area (Å²) in [6.45, 7) is 5.85. The van der Waals surface area contributed by atoms with Gasteiger partial charge in [-0.05, 0) is 43.9 Å². The van der Waals surface area contributed by atoms with E-state index in [-0.39, 0.29) is 23.3 Å². The number of halogens is 1. The summed E-state index contributed by atoms with van der Waals surface area (Å²) in [7, 11) is 0. The molecule has 0 radical (unpaired) electrons. The lowest BCUT2D eigenvalue weighted by Gasteiger charge is -2.41. The number of nitrogens with one attached hydrogen (secondary N) is 2. The van der Waals surface area contributed by atoms with Crippen molar-refractivity contribution in [3.8, 4) is 0 Å². The lowest BCUT2D eigenvalue weighted by atomic mass is 9.74. The molecule has 10 heteroatoms. The van der Waals surface area contributed by atoms with Crippen molar-refractivity contribution in [1.82, 2.24) is 14.9 Å². The van der Waals surface area contributed by atoms with Gasteiger partial charge < -0.3 is 26.1 Å². The maximum atomic E-state index is 14.6. The van der Waals surface area contributed by atoms with Gasteiger partial charge in [0.1, 0.15) is 22.8 Å². The fourth-order valence-electron chi connectivity index (χ4n) is 4.89. The highest BCUT2D eigenvalue weighted by Crippen LogP contribution is 2.45. The molecule has 1 aromatic carbocycles. The topological polar surface area (TPSA) is 117 Å². The number of morpholine rings is 1. The van der Waals surface area contributed by atoms with Gasteiger partial charge in [0.15, 0.2) is 0 Å². The van der Waals surface area contributed by atoms with Crippen molar-refractivity contribution >= 4 is 50.9 Å². The number of amides is 1. The third-order valence-corrected chi connectivity index (χ3v) is 8.01. The van der Waals surface area contributed by atoms with E-state index >= 15 is 0 Å². The summed E-state index contributed by atoms with van der Waals surface area (Å²) in [5, 5.41) is 11.5. The van der Waals surface area contributed by atoms with E-state index in [1.165, 1.54) is 18.5 Å². The van der Waals surface area contributed by atoms with E-state index in [2.05, 4.69) is 22.2 Å². The second-order valence-corrected chi connectivity index (χ2v) is 10.4. The van der Waals surface area contributed by atoms with Crippen LogP contribution < -0.4 is 11.1 Å². The van der Waals surface area contributed by atoms with Gasteiger partial charge in [-0.2, -0.15) is 0 Å². The molecule has 2 atom stereocenters. The molecule has 3 aromatic rings. The molecule has 1 saturated heterocycles. The number of anilines is 3. The number of fused-ring (bicyclic) bond motifs is 3. The number of aromatic nitrogens is 2. The van der Waals surface area contributed by atoms with Crippen molar-refractivity contribution in [3.63, 3.8) is 0 Å². The zero-order chi connectivity index (χ0) is 24.0. The van der Waals surface area contributed by atoms with Crippen molar-refractivity contribution in [3.05, 3.63) is 40.3 Å². The molecule has 0 bridgehead atoms. The fraction of sp³-hybridized carbons (Fsp3) is 0.417. The zero-order valence-electron chi connectivity index (χ0n) is 19.2. The number of benzene rings is 1. The van der Waals surface area contributed by atoms with Crippen LogP contribution in [0.2, 0.25) is 0 Å². The molecule has 3 heterocycles. The molecule has 1 fully saturated rings. The minimum atomic E-state index is -0.517. The molecule has 0 spiro atoms. The Hall–Kier alpha value is -3.11. The first-order valence-corrected chi connectivity index (χ1v) is 12.1. The smallest absolute Gasteiger partial charge is 0.229 e. The number of ether oxygens (including phenoxy) is 1. The van der Waals surface area contributed by atoms with Crippen LogP contribution in [0, 0.1) is 16.6 Å². The lowest BCUT2D eigenvalue weighted by Crippen LogP contribution is -2.53. The highest BCUT2D eigenvalue weighted by atomic mass is 32.1. The molecule has 34 heavy (non-hydrogen) atoms. The first-order valence-electron chi connectivity index (χ1n) is 11.3. The van der Waals surface area contributed by atoms with Gasteiger partial charge in [0, 0.05) is 28.9 Å². The van der Waals surface area contributed by atoms with Crippen LogP contribution in [0.15, 0.2) is 18.5 Å². The Kier molecular flexibility index (Phi) is 5.73. The summed E-state index contributed by atoms with van der Waals surface area (Å²) in [5.74, 6) is 0.176. The van der Waals surface area contributed by atoms with Crippen molar-refractivity contribution < 1.29 is 13.9 Å². The Balaban J connectivity index is 1.48. The first-order chi connectivity index (χ1) is 16.3. The Morgan fingerprint density at radius 3 is 3.03 bits per heavy atom. The van der Waals surface area contributed by atoms with E-state index in [4.69, 9.17) is 15.9 Å². The van der Waals surface area contributed by atoms with Gasteiger partial charge in [0.2, 0.25) is 5.91 Å². The van der Waals surface area contributed by atoms with E-state index in [1.54, 1.807) is 11.3 Å². The van der Waals surface area contributed by atoms with Gasteiger partial charge in [0.05, 0.1) is 35.7 Å². The van der Waals surface area contributed by atoms with Gasteiger partial charge in [-0.25, -0.2) is 14.4 Å². The van der Waals surface area contributed by atoms with Crippen LogP contribution in [0.3, 0.4) is 0 Å². The molecule has 1 amide bonds. The molecule has 2 aromatic heterocycles. The van der Waals surface area contributed by atoms with E-state index in [0.717, 1.165) is 33.3 Å². The number of aryl methyl sites for hydroxylation is 1. The third kappa shape index (κ3) is 3.80. The summed E-state index contributed by atoms with van der Waals surface area (Å²) in [4.78, 5) is 26.3. The fourth-order valence-corrected chi connectivity index (χ4v) is 6.27. The SMILES string of the molecule is CC1COCCN1C(=O)C1(C)CCc2c(sc3ncnc(Nc4cc(C=N)c(N)cc4F)c23)C1. The number of carbonyl (C=O) groups is 1. The Bertz CT molecular complexity index is 1290. The molecule has 2 unspecified atom stereocenters. The maximum Gasteiger partial charge on any atom is 0.229 e. The Labute approximate surface area is 200 Å². The molecule has 2 aliphatic rings. The van der Waals surface area contributed by atoms with E-state index in [9.17, 15) is 9.18 Å². The average Bonchev–Trinajstić information content (AvgIpc) is 3.18. The highest BCUT2D eigenvalue weighted by Gasteiger charge is 2.42. The molecule has 1 aliphatic heterocycles. The number of carbonyl (C=O) groups excluding carboxylic acids is 1. The highest BCUT2D eigenvalue weighted by molar-refractivity contribution is 7.19. The zero-order valence-corrected chi connectivity index (χ0v) is 20.0. The Morgan fingerprint density at radius 2 is 2.26 bits per heavy atom. The average molecular weight is 483 g/mol. The van der Waals surface area contributed by atoms with E-state index in [0.29, 0.717) is 44.0 Å². The molecule has 1 aliphatic carbocycles. The lowest BCUT2D eigenvalue weighted by molar-refractivity contribution is -0.150. The van der Waals surface area contributed by atoms with Crippen LogP contribution in [0.25, 0.3) is 10.2 Å². The number of hydrogen-bond acceptors (Lipinski definition) is 8. The first kappa shape index (κ1) is 22.7. The third-order valence-electron chi connectivity index (χ3n) is 6.87. The van der Waals surface area contributed by atoms with Crippen LogP contribution in [-0.4, -0.2) is 52.8 Å². The van der Waals surface area contributed by atoms with Crippen LogP contribution in [0.5, 0.6) is 0 Å². The van der Waals surface area contributed by atoms with E-state index in [1.807, 2.05) is 11.8 Å². The standard InChI is InChI=1S/C24H27FN6O2S/c1-13-11-33-6-5-31(13)23(32)24(2)4-3-15-19(9-24)34-22-20(15)21(28-12-29-22)30-18-7-14(10-26)17(27)8-16(18)25/h7-8,10,12-13,26H,3-6,9,11,27H2,1-2H3,(H,28,29,30). The number of nitrogen functional groups attached to an aromatic ring is 1. The second kappa shape index (κ2) is 8.59. The minimum absolute atomic E-state index is 0.0733. The molecular weight excluding hydrogens is 455 g/mol. The summed E-state index contributed by atoms with van der Waals surface area (Å²) >= 11 is 1.57. The van der Waals surface area contributed by atoms with Gasteiger partial charge >= 0.3 is 0 Å². The second-order valence-electron chi connectivity index (χ2n) is 9.30. The quantitative estimate of drug-likeness (QED) is 0.384. The molecule has 8 nitrogen and oxygen atoms in total. The van der Waals surface area contributed by atoms with Crippen molar-refractivity contribution in [2.45, 2.75) is 39.2 Å². The number of nitrogens with zero attached hydrogens (tertiary/aromatic N) is 3. The van der Waals surface area contributed by atoms with Gasteiger partial charge in [-0.1, -0.05) is 6.92 Å². The Morgan fingerprint density at radius 1 is 1.44 bits per heavy atom. The normalized spacial score (nSPS) is 22.4. The van der Waals surface area contributed by atoms with Crippen LogP contribution in [0.1, 0.15) is 36.3 Å². The summed E-state index contributed by atoms with van der Waals surface area (Å²) in [6, 6.07) is 2.78. The predicted molar refractivity (Wildman–Crippen MR) is 132 cm³/mol. The van der Waals surface area contributed by atoms with Crippen LogP contribution in [-0.2, 0) is 22.4 Å². The van der Waals surface area contributed by atoms with Gasteiger partial charge in [-0.15, -0.1) is 11.3 Å². The van der Waals surface area contributed by atoms with Crippen molar-refractivity contribution in [2.24, 2.45) is 5.41 Å². The molecule has 5 rings (SSSR count). The number of nitrogens with two attached hydrogens (primary N) is 1. The largest absolute Gasteiger partial charge is 0.398 e. The summed E-state index contributed by atoms with van der Waals surface area (Å²) < 4.78 is 20.1. The number of thiophene rings is 1. The number of hydrogen-bond donors (Lipinski definition) is 3. The van der Waals surface area contributed by atoms with Crippen molar-refractivity contribution in [2.75, 3.05) is 30.8 Å². The number of rotatable bonds is 4. The van der Waals surface area contributed by atoms with Gasteiger partial charge in [0.25, 0.3) is 0 Å². The molecule has 0 saturated carbocycles. The minimum Gasteiger partial charge on any atom is -0.398 e. The summed E-state index contributed by atoms with van der Waals surface area (Å²) in [6.07, 6.45) is 4.62. The summed E-state index contributed by atoms with van der Waals surface area (Å²) in [5.41, 5.74) is 7.25. The molecule has 4 N–H and O–H groups in total. The molecular formula is C24H27FN6O2S. The molecule has 178 valence electrons. The van der Waals surface area contributed by atoms with E-state index < -0.39 is 11.2 Å².